The van der Waals surface area contributed by atoms with Gasteiger partial charge in [0.2, 0.25) is 0 Å². The van der Waals surface area contributed by atoms with Crippen LogP contribution in [0.4, 0.5) is 4.39 Å². The Morgan fingerprint density at radius 3 is 2.38 bits per heavy atom. The smallest absolute Gasteiger partial charge is 0.123 e. The lowest BCUT2D eigenvalue weighted by atomic mass is 9.87. The van der Waals surface area contributed by atoms with Crippen molar-refractivity contribution < 1.29 is 9.13 Å². The highest BCUT2D eigenvalue weighted by atomic mass is 19.1. The Bertz CT molecular complexity index is 812. The first-order chi connectivity index (χ1) is 14.3. The summed E-state index contributed by atoms with van der Waals surface area (Å²) in [7, 11) is 0. The van der Waals surface area contributed by atoms with Crippen LogP contribution in [0.5, 0.6) is 0 Å². The summed E-state index contributed by atoms with van der Waals surface area (Å²) in [6.07, 6.45) is 15.1. The summed E-state index contributed by atoms with van der Waals surface area (Å²) in [5, 5.41) is 1.11. The Kier molecular flexibility index (Phi) is 5.92. The van der Waals surface area contributed by atoms with Gasteiger partial charge in [-0.3, -0.25) is 0 Å². The van der Waals surface area contributed by atoms with Crippen LogP contribution in [0.1, 0.15) is 69.3 Å². The van der Waals surface area contributed by atoms with E-state index in [1.54, 1.807) is 12.1 Å². The standard InChI is InChI=1S/C25H35FN2O/c26-21-8-9-25-23(14-21)24(17-28(25)16-22-18-29-22)20-10-12-27(13-11-20)15-19-6-4-2-1-3-5-7-19/h8-9,14,17,19-20,22H,1-7,10-13,15-16,18H2. The number of fused-ring (bicyclic) bond motifs is 1. The fraction of sp³-hybridized carbons (Fsp3) is 0.680. The molecule has 1 aromatic carbocycles. The second-order valence-electron chi connectivity index (χ2n) is 9.64. The summed E-state index contributed by atoms with van der Waals surface area (Å²) in [5.74, 6) is 1.33. The first kappa shape index (κ1) is 19.6. The molecule has 3 heterocycles. The largest absolute Gasteiger partial charge is 0.371 e. The van der Waals surface area contributed by atoms with Crippen molar-refractivity contribution in [3.05, 3.63) is 35.8 Å². The third-order valence-corrected chi connectivity index (χ3v) is 7.45. The van der Waals surface area contributed by atoms with Gasteiger partial charge in [0.15, 0.2) is 0 Å². The Morgan fingerprint density at radius 1 is 0.931 bits per heavy atom. The molecule has 0 spiro atoms. The predicted molar refractivity (Wildman–Crippen MR) is 116 cm³/mol. The molecular formula is C25H35FN2O. The van der Waals surface area contributed by atoms with Crippen LogP contribution in [-0.2, 0) is 11.3 Å². The van der Waals surface area contributed by atoms with E-state index in [0.717, 1.165) is 30.0 Å². The van der Waals surface area contributed by atoms with Crippen LogP contribution in [0.3, 0.4) is 0 Å². The molecule has 1 saturated carbocycles. The Morgan fingerprint density at radius 2 is 1.66 bits per heavy atom. The van der Waals surface area contributed by atoms with Crippen LogP contribution in [-0.4, -0.2) is 41.8 Å². The van der Waals surface area contributed by atoms with Crippen molar-refractivity contribution in [1.82, 2.24) is 9.47 Å². The van der Waals surface area contributed by atoms with Crippen LogP contribution >= 0.6 is 0 Å². The molecule has 1 aliphatic carbocycles. The van der Waals surface area contributed by atoms with E-state index in [0.29, 0.717) is 12.0 Å². The third kappa shape index (κ3) is 4.69. The molecule has 0 amide bonds. The zero-order valence-electron chi connectivity index (χ0n) is 17.6. The first-order valence-corrected chi connectivity index (χ1v) is 11.9. The number of piperidine rings is 1. The zero-order chi connectivity index (χ0) is 19.6. The van der Waals surface area contributed by atoms with E-state index in [4.69, 9.17) is 4.74 Å². The van der Waals surface area contributed by atoms with Gasteiger partial charge in [-0.05, 0) is 74.4 Å². The molecule has 1 aromatic heterocycles. The third-order valence-electron chi connectivity index (χ3n) is 7.45. The number of aromatic nitrogens is 1. The van der Waals surface area contributed by atoms with Gasteiger partial charge in [-0.25, -0.2) is 4.39 Å². The second kappa shape index (κ2) is 8.77. The van der Waals surface area contributed by atoms with Gasteiger partial charge in [0.05, 0.1) is 19.3 Å². The maximum Gasteiger partial charge on any atom is 0.123 e. The van der Waals surface area contributed by atoms with E-state index in [2.05, 4.69) is 15.7 Å². The van der Waals surface area contributed by atoms with Gasteiger partial charge in [-0.2, -0.15) is 0 Å². The molecule has 29 heavy (non-hydrogen) atoms. The highest BCUT2D eigenvalue weighted by molar-refractivity contribution is 5.84. The molecule has 2 aromatic rings. The van der Waals surface area contributed by atoms with Gasteiger partial charge in [-0.1, -0.05) is 32.1 Å². The van der Waals surface area contributed by atoms with Crippen molar-refractivity contribution in [2.45, 2.75) is 76.4 Å². The molecule has 1 unspecified atom stereocenters. The summed E-state index contributed by atoms with van der Waals surface area (Å²) in [6, 6.07) is 5.28. The Labute approximate surface area is 174 Å². The Hall–Kier alpha value is -1.39. The number of rotatable bonds is 5. The average molecular weight is 399 g/mol. The van der Waals surface area contributed by atoms with E-state index in [9.17, 15) is 4.39 Å². The topological polar surface area (TPSA) is 20.7 Å². The SMILES string of the molecule is Fc1ccc2c(c1)c(C1CCN(CC3CCCCCCC3)CC1)cn2CC1CO1. The minimum Gasteiger partial charge on any atom is -0.371 e. The highest BCUT2D eigenvalue weighted by Gasteiger charge is 2.28. The normalized spacial score (nSPS) is 25.2. The Balaban J connectivity index is 1.25. The second-order valence-corrected chi connectivity index (χ2v) is 9.64. The minimum atomic E-state index is -0.124. The van der Waals surface area contributed by atoms with Gasteiger partial charge in [0.25, 0.3) is 0 Å². The summed E-state index contributed by atoms with van der Waals surface area (Å²) in [6.45, 7) is 5.42. The number of likely N-dealkylation sites (tertiary alicyclic amines) is 1. The van der Waals surface area contributed by atoms with Gasteiger partial charge < -0.3 is 14.2 Å². The van der Waals surface area contributed by atoms with Crippen LogP contribution in [0.2, 0.25) is 0 Å². The quantitative estimate of drug-likeness (QED) is 0.601. The number of ether oxygens (including phenoxy) is 1. The lowest BCUT2D eigenvalue weighted by molar-refractivity contribution is 0.169. The van der Waals surface area contributed by atoms with E-state index < -0.39 is 0 Å². The van der Waals surface area contributed by atoms with Crippen LogP contribution < -0.4 is 0 Å². The van der Waals surface area contributed by atoms with Crippen LogP contribution in [0, 0.1) is 11.7 Å². The van der Waals surface area contributed by atoms with E-state index in [1.165, 1.54) is 83.0 Å². The van der Waals surface area contributed by atoms with Gasteiger partial charge in [0, 0.05) is 23.6 Å². The van der Waals surface area contributed by atoms with Crippen molar-refractivity contribution in [2.24, 2.45) is 5.92 Å². The number of hydrogen-bond donors (Lipinski definition) is 0. The number of epoxide rings is 1. The van der Waals surface area contributed by atoms with E-state index >= 15 is 0 Å². The highest BCUT2D eigenvalue weighted by Crippen LogP contribution is 2.36. The molecule has 5 rings (SSSR count). The van der Waals surface area contributed by atoms with Gasteiger partial charge >= 0.3 is 0 Å². The first-order valence-electron chi connectivity index (χ1n) is 11.9. The maximum absolute atomic E-state index is 14.0. The minimum absolute atomic E-state index is 0.124. The van der Waals surface area contributed by atoms with Gasteiger partial charge in [-0.15, -0.1) is 0 Å². The molecule has 4 heteroatoms. The molecule has 158 valence electrons. The fourth-order valence-corrected chi connectivity index (χ4v) is 5.68. The molecular weight excluding hydrogens is 363 g/mol. The van der Waals surface area contributed by atoms with Crippen molar-refractivity contribution >= 4 is 10.9 Å². The zero-order valence-corrected chi connectivity index (χ0v) is 17.6. The molecule has 0 bridgehead atoms. The predicted octanol–water partition coefficient (Wildman–Crippen LogP) is 5.72. The molecule has 2 aliphatic heterocycles. The number of benzene rings is 1. The number of halogens is 1. The van der Waals surface area contributed by atoms with E-state index in [-0.39, 0.29) is 5.82 Å². The van der Waals surface area contributed by atoms with E-state index in [1.807, 2.05) is 6.07 Å². The molecule has 3 aliphatic rings. The summed E-state index contributed by atoms with van der Waals surface area (Å²) >= 11 is 0. The summed E-state index contributed by atoms with van der Waals surface area (Å²) in [5.41, 5.74) is 2.51. The average Bonchev–Trinajstić information content (AvgIpc) is 3.45. The van der Waals surface area contributed by atoms with Crippen molar-refractivity contribution in [2.75, 3.05) is 26.2 Å². The van der Waals surface area contributed by atoms with Crippen LogP contribution in [0.15, 0.2) is 24.4 Å². The number of hydrogen-bond acceptors (Lipinski definition) is 2. The van der Waals surface area contributed by atoms with Crippen LogP contribution in [0.25, 0.3) is 10.9 Å². The van der Waals surface area contributed by atoms with Crippen molar-refractivity contribution in [1.29, 1.82) is 0 Å². The molecule has 0 radical (unpaired) electrons. The fourth-order valence-electron chi connectivity index (χ4n) is 5.68. The molecule has 0 N–H and O–H groups in total. The molecule has 3 fully saturated rings. The maximum atomic E-state index is 14.0. The lowest BCUT2D eigenvalue weighted by Crippen LogP contribution is -2.36. The molecule has 2 saturated heterocycles. The van der Waals surface area contributed by atoms with Gasteiger partial charge in [0.1, 0.15) is 5.82 Å². The number of nitrogens with zero attached hydrogens (tertiary/aromatic N) is 2. The molecule has 3 nitrogen and oxygen atoms in total. The monoisotopic (exact) mass is 398 g/mol. The lowest BCUT2D eigenvalue weighted by Gasteiger charge is -2.35. The van der Waals surface area contributed by atoms with Crippen molar-refractivity contribution in [3.63, 3.8) is 0 Å². The van der Waals surface area contributed by atoms with Crippen molar-refractivity contribution in [3.8, 4) is 0 Å². The summed E-state index contributed by atoms with van der Waals surface area (Å²) < 4.78 is 21.7. The summed E-state index contributed by atoms with van der Waals surface area (Å²) in [4.78, 5) is 2.71. The molecule has 1 atom stereocenters.